The predicted octanol–water partition coefficient (Wildman–Crippen LogP) is 2.60. The Morgan fingerprint density at radius 3 is 2.40 bits per heavy atom. The number of rotatable bonds is 4. The number of sulfonamides is 1. The largest absolute Gasteiger partial charge is 0.478 e. The lowest BCUT2D eigenvalue weighted by atomic mass is 10.2. The maximum Gasteiger partial charge on any atom is 0.335 e. The number of benzene rings is 1. The lowest BCUT2D eigenvalue weighted by molar-refractivity contribution is 0.0697. The van der Waals surface area contributed by atoms with Crippen LogP contribution in [0.5, 0.6) is 0 Å². The monoisotopic (exact) mass is 332 g/mol. The highest BCUT2D eigenvalue weighted by Crippen LogP contribution is 2.28. The van der Waals surface area contributed by atoms with E-state index in [1.165, 1.54) is 24.3 Å². The van der Waals surface area contributed by atoms with Gasteiger partial charge >= 0.3 is 5.97 Å². The third-order valence-electron chi connectivity index (χ3n) is 2.36. The molecule has 0 fully saturated rings. The van der Waals surface area contributed by atoms with E-state index in [4.69, 9.17) is 16.7 Å². The average Bonchev–Trinajstić information content (AvgIpc) is 2.69. The maximum absolute atomic E-state index is 12.1. The quantitative estimate of drug-likeness (QED) is 0.897. The highest BCUT2D eigenvalue weighted by Gasteiger charge is 2.21. The van der Waals surface area contributed by atoms with E-state index in [0.717, 1.165) is 11.3 Å². The summed E-state index contributed by atoms with van der Waals surface area (Å²) >= 11 is 6.54. The number of anilines is 1. The zero-order valence-electron chi connectivity index (χ0n) is 10.1. The Hall–Kier alpha value is -1.64. The van der Waals surface area contributed by atoms with Crippen LogP contribution in [-0.2, 0) is 10.0 Å². The number of carboxylic acid groups (broad SMARTS) is 1. The van der Waals surface area contributed by atoms with Crippen LogP contribution in [0.25, 0.3) is 0 Å². The molecule has 2 aromatic rings. The summed E-state index contributed by atoms with van der Waals surface area (Å²) in [6, 6.07) is 5.37. The zero-order valence-corrected chi connectivity index (χ0v) is 12.5. The third-order valence-corrected chi connectivity index (χ3v) is 5.61. The lowest BCUT2D eigenvalue weighted by Crippen LogP contribution is -2.12. The number of nitrogens with zero attached hydrogens (tertiary/aromatic N) is 1. The topological polar surface area (TPSA) is 96.4 Å². The molecule has 20 heavy (non-hydrogen) atoms. The molecule has 9 heteroatoms. The number of aromatic nitrogens is 1. The van der Waals surface area contributed by atoms with Crippen molar-refractivity contribution in [1.29, 1.82) is 0 Å². The van der Waals surface area contributed by atoms with E-state index >= 15 is 0 Å². The predicted molar refractivity (Wildman–Crippen MR) is 76.1 cm³/mol. The molecule has 0 saturated heterocycles. The van der Waals surface area contributed by atoms with Gasteiger partial charge in [-0.25, -0.2) is 18.2 Å². The molecule has 0 spiro atoms. The summed E-state index contributed by atoms with van der Waals surface area (Å²) in [5.41, 5.74) is 0.651. The van der Waals surface area contributed by atoms with Gasteiger partial charge in [0, 0.05) is 5.69 Å². The lowest BCUT2D eigenvalue weighted by Gasteiger charge is -2.06. The van der Waals surface area contributed by atoms with Gasteiger partial charge in [-0.1, -0.05) is 22.9 Å². The van der Waals surface area contributed by atoms with Crippen LogP contribution < -0.4 is 4.72 Å². The first kappa shape index (κ1) is 14.8. The fourth-order valence-electron chi connectivity index (χ4n) is 1.48. The summed E-state index contributed by atoms with van der Waals surface area (Å²) in [4.78, 5) is 14.5. The molecule has 0 radical (unpaired) electrons. The van der Waals surface area contributed by atoms with Crippen molar-refractivity contribution in [3.63, 3.8) is 0 Å². The van der Waals surface area contributed by atoms with E-state index in [0.29, 0.717) is 5.69 Å². The average molecular weight is 333 g/mol. The third kappa shape index (κ3) is 3.09. The summed E-state index contributed by atoms with van der Waals surface area (Å²) < 4.78 is 26.8. The van der Waals surface area contributed by atoms with Crippen LogP contribution in [0.15, 0.2) is 28.5 Å². The van der Waals surface area contributed by atoms with Crippen molar-refractivity contribution in [2.75, 3.05) is 4.72 Å². The molecular formula is C11H9ClN2O4S2. The molecule has 0 atom stereocenters. The molecule has 6 nitrogen and oxygen atoms in total. The Morgan fingerprint density at radius 1 is 1.35 bits per heavy atom. The van der Waals surface area contributed by atoms with Gasteiger partial charge in [-0.05, 0) is 31.2 Å². The number of carbonyl (C=O) groups is 1. The van der Waals surface area contributed by atoms with Crippen molar-refractivity contribution in [1.82, 2.24) is 4.98 Å². The summed E-state index contributed by atoms with van der Waals surface area (Å²) in [5, 5.41) is 8.77. The van der Waals surface area contributed by atoms with Crippen molar-refractivity contribution in [3.05, 3.63) is 40.0 Å². The van der Waals surface area contributed by atoms with Crippen LogP contribution in [0.4, 0.5) is 5.69 Å². The molecule has 2 rings (SSSR count). The molecule has 106 valence electrons. The normalized spacial score (nSPS) is 11.3. The highest BCUT2D eigenvalue weighted by atomic mass is 35.5. The number of nitrogens with one attached hydrogen (secondary N) is 1. The van der Waals surface area contributed by atoms with Crippen molar-refractivity contribution in [3.8, 4) is 0 Å². The van der Waals surface area contributed by atoms with E-state index < -0.39 is 16.0 Å². The smallest absolute Gasteiger partial charge is 0.335 e. The van der Waals surface area contributed by atoms with E-state index in [9.17, 15) is 13.2 Å². The maximum atomic E-state index is 12.1. The van der Waals surface area contributed by atoms with Gasteiger partial charge in [-0.15, -0.1) is 0 Å². The number of hydrogen-bond donors (Lipinski definition) is 2. The Labute approximate surface area is 124 Å². The Balaban J connectivity index is 2.28. The molecular weight excluding hydrogens is 324 g/mol. The van der Waals surface area contributed by atoms with Gasteiger partial charge in [0.25, 0.3) is 10.0 Å². The van der Waals surface area contributed by atoms with Crippen molar-refractivity contribution >= 4 is 44.6 Å². The molecule has 0 aliphatic carbocycles. The molecule has 0 aliphatic heterocycles. The first-order valence-corrected chi connectivity index (χ1v) is 7.96. The number of hydrogen-bond acceptors (Lipinski definition) is 5. The molecule has 0 unspecified atom stereocenters. The second-order valence-electron chi connectivity index (χ2n) is 3.83. The van der Waals surface area contributed by atoms with Crippen LogP contribution in [0.1, 0.15) is 16.1 Å². The first-order chi connectivity index (χ1) is 9.29. The summed E-state index contributed by atoms with van der Waals surface area (Å²) in [6.07, 6.45) is 0. The Kier molecular flexibility index (Phi) is 3.98. The molecule has 0 saturated carbocycles. The Bertz CT molecular complexity index is 753. The summed E-state index contributed by atoms with van der Waals surface area (Å²) in [5.74, 6) is -1.08. The molecule has 1 aromatic carbocycles. The number of aromatic carboxylic acids is 1. The van der Waals surface area contributed by atoms with Crippen molar-refractivity contribution in [2.45, 2.75) is 11.1 Å². The van der Waals surface area contributed by atoms with Gasteiger partial charge < -0.3 is 5.11 Å². The fourth-order valence-corrected chi connectivity index (χ4v) is 4.28. The molecule has 0 aliphatic rings. The highest BCUT2D eigenvalue weighted by molar-refractivity contribution is 7.94. The Morgan fingerprint density at radius 2 is 1.95 bits per heavy atom. The van der Waals surface area contributed by atoms with E-state index in [1.807, 2.05) is 0 Å². The number of halogens is 1. The zero-order chi connectivity index (χ0) is 14.9. The molecule has 1 heterocycles. The van der Waals surface area contributed by atoms with Gasteiger partial charge in [0.1, 0.15) is 0 Å². The summed E-state index contributed by atoms with van der Waals surface area (Å²) in [7, 11) is -3.78. The number of thiazole rings is 1. The molecule has 0 amide bonds. The number of carboxylic acids is 1. The molecule has 0 bridgehead atoms. The van der Waals surface area contributed by atoms with Crippen LogP contribution in [-0.4, -0.2) is 24.5 Å². The van der Waals surface area contributed by atoms with Crippen LogP contribution >= 0.6 is 22.9 Å². The van der Waals surface area contributed by atoms with Gasteiger partial charge in [0.15, 0.2) is 8.68 Å². The van der Waals surface area contributed by atoms with E-state index in [-0.39, 0.29) is 19.9 Å². The number of aryl methyl sites for hydroxylation is 1. The SMILES string of the molecule is Cc1nc(Cl)sc1S(=O)(=O)Nc1ccc(C(=O)O)cc1. The van der Waals surface area contributed by atoms with Gasteiger partial charge in [-0.3, -0.25) is 4.72 Å². The fraction of sp³-hybridized carbons (Fsp3) is 0.0909. The van der Waals surface area contributed by atoms with Crippen molar-refractivity contribution in [2.24, 2.45) is 0 Å². The van der Waals surface area contributed by atoms with Gasteiger partial charge in [-0.2, -0.15) is 0 Å². The minimum atomic E-state index is -3.78. The van der Waals surface area contributed by atoms with Gasteiger partial charge in [0.2, 0.25) is 0 Å². The first-order valence-electron chi connectivity index (χ1n) is 5.29. The van der Waals surface area contributed by atoms with Crippen LogP contribution in [0, 0.1) is 6.92 Å². The molecule has 2 N–H and O–H groups in total. The molecule has 1 aromatic heterocycles. The minimum Gasteiger partial charge on any atom is -0.478 e. The summed E-state index contributed by atoms with van der Waals surface area (Å²) in [6.45, 7) is 1.55. The van der Waals surface area contributed by atoms with E-state index in [1.54, 1.807) is 6.92 Å². The van der Waals surface area contributed by atoms with Crippen LogP contribution in [0.3, 0.4) is 0 Å². The second-order valence-corrected chi connectivity index (χ2v) is 7.29. The van der Waals surface area contributed by atoms with E-state index in [2.05, 4.69) is 9.71 Å². The van der Waals surface area contributed by atoms with Crippen molar-refractivity contribution < 1.29 is 18.3 Å². The van der Waals surface area contributed by atoms with Gasteiger partial charge in [0.05, 0.1) is 11.3 Å². The second kappa shape index (κ2) is 5.39. The standard InChI is InChI=1S/C11H9ClN2O4S2/c1-6-10(19-11(12)13-6)20(17,18)14-8-4-2-7(3-5-8)9(15)16/h2-5,14H,1H3,(H,15,16). The van der Waals surface area contributed by atoms with Crippen LogP contribution in [0.2, 0.25) is 4.47 Å². The minimum absolute atomic E-state index is 0.0322.